The Morgan fingerprint density at radius 3 is 2.88 bits per heavy atom. The SMILES string of the molecule is CC1CNCCC1NC(=O)CCCN=C1NS(=O)(=O)c2ccccc21.Cl. The summed E-state index contributed by atoms with van der Waals surface area (Å²) in [4.78, 5) is 16.6. The van der Waals surface area contributed by atoms with Crippen molar-refractivity contribution in [3.8, 4) is 0 Å². The summed E-state index contributed by atoms with van der Waals surface area (Å²) in [5.41, 5.74) is 0.593. The number of hydrogen-bond acceptors (Lipinski definition) is 5. The van der Waals surface area contributed by atoms with Crippen LogP contribution in [0.1, 0.15) is 31.7 Å². The third-order valence-electron chi connectivity index (χ3n) is 4.63. The lowest BCUT2D eigenvalue weighted by atomic mass is 9.95. The molecule has 9 heteroatoms. The molecule has 2 atom stereocenters. The Morgan fingerprint density at radius 1 is 1.35 bits per heavy atom. The molecule has 3 N–H and O–H groups in total. The average molecular weight is 401 g/mol. The minimum absolute atomic E-state index is 0. The van der Waals surface area contributed by atoms with Crippen LogP contribution in [0.3, 0.4) is 0 Å². The van der Waals surface area contributed by atoms with Gasteiger partial charge in [-0.2, -0.15) is 0 Å². The maximum Gasteiger partial charge on any atom is 0.263 e. The molecule has 1 fully saturated rings. The van der Waals surface area contributed by atoms with Gasteiger partial charge in [0.2, 0.25) is 5.91 Å². The van der Waals surface area contributed by atoms with E-state index in [2.05, 4.69) is 27.3 Å². The van der Waals surface area contributed by atoms with E-state index in [9.17, 15) is 13.2 Å². The number of amides is 1. The number of rotatable bonds is 5. The molecule has 2 aliphatic rings. The summed E-state index contributed by atoms with van der Waals surface area (Å²) in [5, 5.41) is 6.40. The summed E-state index contributed by atoms with van der Waals surface area (Å²) in [6.07, 6.45) is 1.92. The molecule has 1 saturated heterocycles. The van der Waals surface area contributed by atoms with Crippen LogP contribution in [0.15, 0.2) is 34.2 Å². The standard InChI is InChI=1S/C17H24N4O3S.ClH/c1-12-11-18-10-8-14(12)20-16(22)7-4-9-19-17-13-5-2-3-6-15(13)25(23,24)21-17;/h2-3,5-6,12,14,18H,4,7-11H2,1H3,(H,19,21)(H,20,22);1H. The zero-order valence-corrected chi connectivity index (χ0v) is 16.3. The van der Waals surface area contributed by atoms with Crippen molar-refractivity contribution in [2.24, 2.45) is 10.9 Å². The first-order valence-electron chi connectivity index (χ1n) is 8.64. The lowest BCUT2D eigenvalue weighted by Gasteiger charge is -2.30. The topological polar surface area (TPSA) is 99.7 Å². The van der Waals surface area contributed by atoms with Gasteiger partial charge in [0, 0.05) is 24.6 Å². The van der Waals surface area contributed by atoms with Crippen molar-refractivity contribution < 1.29 is 13.2 Å². The number of nitrogens with one attached hydrogen (secondary N) is 3. The average Bonchev–Trinajstić information content (AvgIpc) is 2.85. The number of nitrogens with zero attached hydrogens (tertiary/aromatic N) is 1. The van der Waals surface area contributed by atoms with Gasteiger partial charge in [-0.25, -0.2) is 8.42 Å². The highest BCUT2D eigenvalue weighted by atomic mass is 35.5. The van der Waals surface area contributed by atoms with Gasteiger partial charge in [-0.1, -0.05) is 19.1 Å². The van der Waals surface area contributed by atoms with Crippen molar-refractivity contribution in [1.82, 2.24) is 15.4 Å². The van der Waals surface area contributed by atoms with E-state index in [-0.39, 0.29) is 29.3 Å². The Morgan fingerprint density at radius 2 is 2.12 bits per heavy atom. The summed E-state index contributed by atoms with van der Waals surface area (Å²) in [6, 6.07) is 7.00. The molecule has 26 heavy (non-hydrogen) atoms. The van der Waals surface area contributed by atoms with Gasteiger partial charge in [0.25, 0.3) is 10.0 Å². The molecule has 3 rings (SSSR count). The van der Waals surface area contributed by atoms with E-state index in [1.54, 1.807) is 24.3 Å². The normalized spacial score (nSPS) is 25.0. The smallest absolute Gasteiger partial charge is 0.263 e. The second-order valence-electron chi connectivity index (χ2n) is 6.58. The van der Waals surface area contributed by atoms with E-state index in [4.69, 9.17) is 0 Å². The summed E-state index contributed by atoms with van der Waals surface area (Å²) in [5.74, 6) is 0.830. The molecule has 2 aliphatic heterocycles. The lowest BCUT2D eigenvalue weighted by molar-refractivity contribution is -0.122. The van der Waals surface area contributed by atoms with Crippen LogP contribution in [0.2, 0.25) is 0 Å². The van der Waals surface area contributed by atoms with E-state index in [1.165, 1.54) is 0 Å². The van der Waals surface area contributed by atoms with E-state index >= 15 is 0 Å². The number of fused-ring (bicyclic) bond motifs is 1. The quantitative estimate of drug-likeness (QED) is 0.643. The molecular formula is C17H25ClN4O3S. The molecule has 144 valence electrons. The van der Waals surface area contributed by atoms with Crippen LogP contribution >= 0.6 is 12.4 Å². The Kier molecular flexibility index (Phi) is 7.02. The van der Waals surface area contributed by atoms with Gasteiger partial charge in [-0.3, -0.25) is 14.5 Å². The highest BCUT2D eigenvalue weighted by Crippen LogP contribution is 2.22. The number of carbonyl (C=O) groups excluding carboxylic acids is 1. The number of amidine groups is 1. The van der Waals surface area contributed by atoms with Crippen molar-refractivity contribution in [1.29, 1.82) is 0 Å². The van der Waals surface area contributed by atoms with Crippen LogP contribution in [0.5, 0.6) is 0 Å². The van der Waals surface area contributed by atoms with Crippen LogP contribution in [-0.4, -0.2) is 45.8 Å². The number of halogens is 1. The van der Waals surface area contributed by atoms with Gasteiger partial charge >= 0.3 is 0 Å². The van der Waals surface area contributed by atoms with Crippen LogP contribution in [0.25, 0.3) is 0 Å². The van der Waals surface area contributed by atoms with Crippen molar-refractivity contribution in [3.05, 3.63) is 29.8 Å². The molecule has 0 radical (unpaired) electrons. The minimum Gasteiger partial charge on any atom is -0.353 e. The van der Waals surface area contributed by atoms with Gasteiger partial charge in [-0.15, -0.1) is 12.4 Å². The lowest BCUT2D eigenvalue weighted by Crippen LogP contribution is -2.48. The molecule has 0 aromatic heterocycles. The van der Waals surface area contributed by atoms with Gasteiger partial charge in [0.1, 0.15) is 5.84 Å². The second kappa shape index (κ2) is 8.83. The number of hydrogen-bond donors (Lipinski definition) is 3. The first-order valence-corrected chi connectivity index (χ1v) is 10.1. The molecule has 2 heterocycles. The monoisotopic (exact) mass is 400 g/mol. The molecule has 0 spiro atoms. The number of carbonyl (C=O) groups is 1. The van der Waals surface area contributed by atoms with Crippen LogP contribution in [0, 0.1) is 5.92 Å². The number of aliphatic imine (C=N–C) groups is 1. The van der Waals surface area contributed by atoms with Crippen molar-refractivity contribution >= 4 is 34.2 Å². The molecule has 1 amide bonds. The maximum absolute atomic E-state index is 12.1. The molecule has 1 aromatic rings. The number of sulfonamides is 1. The summed E-state index contributed by atoms with van der Waals surface area (Å²) < 4.78 is 26.5. The Balaban J connectivity index is 0.00000243. The van der Waals surface area contributed by atoms with Gasteiger partial charge < -0.3 is 10.6 Å². The highest BCUT2D eigenvalue weighted by Gasteiger charge is 2.30. The maximum atomic E-state index is 12.1. The molecule has 1 aromatic carbocycles. The highest BCUT2D eigenvalue weighted by molar-refractivity contribution is 7.90. The first kappa shape index (κ1) is 20.7. The second-order valence-corrected chi connectivity index (χ2v) is 8.23. The van der Waals surface area contributed by atoms with E-state index in [0.29, 0.717) is 36.7 Å². The van der Waals surface area contributed by atoms with E-state index < -0.39 is 10.0 Å². The van der Waals surface area contributed by atoms with Crippen LogP contribution < -0.4 is 15.4 Å². The fourth-order valence-corrected chi connectivity index (χ4v) is 4.44. The largest absolute Gasteiger partial charge is 0.353 e. The predicted octanol–water partition coefficient (Wildman–Crippen LogP) is 1.04. The summed E-state index contributed by atoms with van der Waals surface area (Å²) in [6.45, 7) is 4.40. The van der Waals surface area contributed by atoms with Crippen molar-refractivity contribution in [2.75, 3.05) is 19.6 Å². The Hall–Kier alpha value is -1.64. The third kappa shape index (κ3) is 4.75. The zero-order chi connectivity index (χ0) is 17.9. The molecule has 2 unspecified atom stereocenters. The third-order valence-corrected chi connectivity index (χ3v) is 6.02. The molecule has 0 saturated carbocycles. The van der Waals surface area contributed by atoms with Crippen molar-refractivity contribution in [3.63, 3.8) is 0 Å². The van der Waals surface area contributed by atoms with Crippen LogP contribution in [-0.2, 0) is 14.8 Å². The fraction of sp³-hybridized carbons (Fsp3) is 0.529. The van der Waals surface area contributed by atoms with Gasteiger partial charge in [0.15, 0.2) is 0 Å². The fourth-order valence-electron chi connectivity index (χ4n) is 3.19. The molecule has 7 nitrogen and oxygen atoms in total. The van der Waals surface area contributed by atoms with Gasteiger partial charge in [0.05, 0.1) is 4.90 Å². The Labute approximate surface area is 160 Å². The number of benzene rings is 1. The first-order chi connectivity index (χ1) is 12.0. The molecular weight excluding hydrogens is 376 g/mol. The predicted molar refractivity (Wildman–Crippen MR) is 103 cm³/mol. The van der Waals surface area contributed by atoms with E-state index in [1.807, 2.05) is 0 Å². The van der Waals surface area contributed by atoms with Crippen molar-refractivity contribution in [2.45, 2.75) is 37.1 Å². The Bertz CT molecular complexity index is 782. The number of piperidine rings is 1. The molecule has 0 aliphatic carbocycles. The summed E-state index contributed by atoms with van der Waals surface area (Å²) >= 11 is 0. The molecule has 0 bridgehead atoms. The van der Waals surface area contributed by atoms with E-state index in [0.717, 1.165) is 19.5 Å². The summed E-state index contributed by atoms with van der Waals surface area (Å²) in [7, 11) is -3.50. The minimum atomic E-state index is -3.50. The zero-order valence-electron chi connectivity index (χ0n) is 14.7. The van der Waals surface area contributed by atoms with Crippen LogP contribution in [0.4, 0.5) is 0 Å². The van der Waals surface area contributed by atoms with Gasteiger partial charge in [-0.05, 0) is 44.0 Å².